The van der Waals surface area contributed by atoms with Gasteiger partial charge in [0.1, 0.15) is 23.4 Å². The molecule has 0 aliphatic heterocycles. The van der Waals surface area contributed by atoms with Crippen LogP contribution in [0.2, 0.25) is 0 Å². The van der Waals surface area contributed by atoms with Crippen molar-refractivity contribution in [2.45, 2.75) is 26.3 Å². The van der Waals surface area contributed by atoms with Gasteiger partial charge < -0.3 is 15.0 Å². The molecule has 126 valence electrons. The van der Waals surface area contributed by atoms with E-state index >= 15 is 0 Å². The molecule has 0 unspecified atom stereocenters. The summed E-state index contributed by atoms with van der Waals surface area (Å²) < 4.78 is 8.63. The highest BCUT2D eigenvalue weighted by Gasteiger charge is 2.16. The van der Waals surface area contributed by atoms with Crippen LogP contribution in [0.25, 0.3) is 11.0 Å². The summed E-state index contributed by atoms with van der Waals surface area (Å²) in [4.78, 5) is 19.2. The van der Waals surface area contributed by atoms with Crippen LogP contribution in [0.4, 0.5) is 5.95 Å². The van der Waals surface area contributed by atoms with Gasteiger partial charge in [0.15, 0.2) is 0 Å². The molecule has 0 bridgehead atoms. The standard InChI is InChI=1S/C17H19BrN4O2/c1-10(2)13-9-22(15-14(13)20-17(19)21-16(15)23)7-8-24-12-5-3-11(18)4-6-12/h3-6,9-10H,7-8H2,1-2H3,(H3,19,20,21,23). The minimum Gasteiger partial charge on any atom is -0.492 e. The molecule has 0 spiro atoms. The Bertz CT molecular complexity index is 913. The molecule has 3 N–H and O–H groups in total. The highest BCUT2D eigenvalue weighted by Crippen LogP contribution is 2.24. The van der Waals surface area contributed by atoms with Gasteiger partial charge in [-0.15, -0.1) is 0 Å². The Hall–Kier alpha value is -2.28. The van der Waals surface area contributed by atoms with E-state index in [0.29, 0.717) is 24.2 Å². The van der Waals surface area contributed by atoms with Gasteiger partial charge in [0, 0.05) is 10.7 Å². The maximum Gasteiger partial charge on any atom is 0.276 e. The summed E-state index contributed by atoms with van der Waals surface area (Å²) in [5.74, 6) is 1.17. The smallest absolute Gasteiger partial charge is 0.276 e. The van der Waals surface area contributed by atoms with E-state index in [1.165, 1.54) is 0 Å². The van der Waals surface area contributed by atoms with Crippen molar-refractivity contribution in [1.29, 1.82) is 0 Å². The zero-order valence-electron chi connectivity index (χ0n) is 13.5. The van der Waals surface area contributed by atoms with Gasteiger partial charge in [-0.3, -0.25) is 9.78 Å². The van der Waals surface area contributed by atoms with Crippen LogP contribution < -0.4 is 16.0 Å². The number of anilines is 1. The first-order chi connectivity index (χ1) is 11.5. The second kappa shape index (κ2) is 6.68. The van der Waals surface area contributed by atoms with Gasteiger partial charge in [0.2, 0.25) is 5.95 Å². The predicted molar refractivity (Wildman–Crippen MR) is 98.5 cm³/mol. The Morgan fingerprint density at radius 2 is 2.04 bits per heavy atom. The first-order valence-electron chi connectivity index (χ1n) is 7.72. The molecule has 0 atom stereocenters. The number of halogens is 1. The number of rotatable bonds is 5. The number of hydrogen-bond acceptors (Lipinski definition) is 4. The number of hydrogen-bond donors (Lipinski definition) is 2. The fourth-order valence-electron chi connectivity index (χ4n) is 2.64. The molecular formula is C17H19BrN4O2. The van der Waals surface area contributed by atoms with E-state index < -0.39 is 0 Å². The zero-order chi connectivity index (χ0) is 17.3. The second-order valence-electron chi connectivity index (χ2n) is 5.88. The molecule has 0 aliphatic rings. The Morgan fingerprint density at radius 3 is 2.71 bits per heavy atom. The Labute approximate surface area is 147 Å². The van der Waals surface area contributed by atoms with Crippen LogP contribution >= 0.6 is 15.9 Å². The summed E-state index contributed by atoms with van der Waals surface area (Å²) >= 11 is 3.39. The number of nitrogen functional groups attached to an aromatic ring is 1. The molecule has 7 heteroatoms. The van der Waals surface area contributed by atoms with E-state index in [1.54, 1.807) is 0 Å². The van der Waals surface area contributed by atoms with Gasteiger partial charge in [-0.1, -0.05) is 29.8 Å². The monoisotopic (exact) mass is 390 g/mol. The topological polar surface area (TPSA) is 85.9 Å². The third kappa shape index (κ3) is 3.31. The van der Waals surface area contributed by atoms with Gasteiger partial charge in [-0.2, -0.15) is 0 Å². The molecule has 0 radical (unpaired) electrons. The lowest BCUT2D eigenvalue weighted by molar-refractivity contribution is 0.300. The quantitative estimate of drug-likeness (QED) is 0.699. The molecule has 0 fully saturated rings. The molecule has 6 nitrogen and oxygen atoms in total. The molecule has 3 rings (SSSR count). The van der Waals surface area contributed by atoms with Crippen LogP contribution in [0, 0.1) is 0 Å². The largest absolute Gasteiger partial charge is 0.492 e. The number of aromatic nitrogens is 3. The lowest BCUT2D eigenvalue weighted by Crippen LogP contribution is -2.16. The minimum absolute atomic E-state index is 0.137. The number of nitrogens with one attached hydrogen (secondary N) is 1. The van der Waals surface area contributed by atoms with E-state index in [1.807, 2.05) is 35.0 Å². The van der Waals surface area contributed by atoms with Gasteiger partial charge in [0.25, 0.3) is 5.56 Å². The SMILES string of the molecule is CC(C)c1cn(CCOc2ccc(Br)cc2)c2c(=O)[nH]c(N)nc12. The third-order valence-electron chi connectivity index (χ3n) is 3.81. The first-order valence-corrected chi connectivity index (χ1v) is 8.52. The average Bonchev–Trinajstić information content (AvgIpc) is 2.88. The van der Waals surface area contributed by atoms with E-state index in [-0.39, 0.29) is 17.4 Å². The highest BCUT2D eigenvalue weighted by atomic mass is 79.9. The van der Waals surface area contributed by atoms with Crippen LogP contribution in [0.15, 0.2) is 39.7 Å². The summed E-state index contributed by atoms with van der Waals surface area (Å²) in [5, 5.41) is 0. The van der Waals surface area contributed by atoms with E-state index in [2.05, 4.69) is 39.7 Å². The van der Waals surface area contributed by atoms with Crippen molar-refractivity contribution in [3.63, 3.8) is 0 Å². The molecule has 0 saturated heterocycles. The van der Waals surface area contributed by atoms with Crippen molar-refractivity contribution < 1.29 is 4.74 Å². The molecular weight excluding hydrogens is 372 g/mol. The van der Waals surface area contributed by atoms with Crippen LogP contribution in [-0.2, 0) is 6.54 Å². The lowest BCUT2D eigenvalue weighted by Gasteiger charge is -2.08. The molecule has 0 saturated carbocycles. The third-order valence-corrected chi connectivity index (χ3v) is 4.33. The van der Waals surface area contributed by atoms with E-state index in [9.17, 15) is 4.79 Å². The number of nitrogens with zero attached hydrogens (tertiary/aromatic N) is 2. The van der Waals surface area contributed by atoms with E-state index in [4.69, 9.17) is 10.5 Å². The average molecular weight is 391 g/mol. The number of ether oxygens (including phenoxy) is 1. The van der Waals surface area contributed by atoms with Crippen molar-refractivity contribution in [1.82, 2.24) is 14.5 Å². The van der Waals surface area contributed by atoms with Crippen molar-refractivity contribution in [3.05, 3.63) is 50.9 Å². The molecule has 0 amide bonds. The number of H-pyrrole nitrogens is 1. The van der Waals surface area contributed by atoms with Crippen molar-refractivity contribution >= 4 is 32.9 Å². The first kappa shape index (κ1) is 16.6. The lowest BCUT2D eigenvalue weighted by atomic mass is 10.1. The van der Waals surface area contributed by atoms with Crippen LogP contribution in [0.5, 0.6) is 5.75 Å². The Balaban J connectivity index is 1.86. The fourth-order valence-corrected chi connectivity index (χ4v) is 2.90. The maximum atomic E-state index is 12.3. The fraction of sp³-hybridized carbons (Fsp3) is 0.294. The highest BCUT2D eigenvalue weighted by molar-refractivity contribution is 9.10. The maximum absolute atomic E-state index is 12.3. The number of benzene rings is 1. The van der Waals surface area contributed by atoms with Crippen molar-refractivity contribution in [2.24, 2.45) is 0 Å². The Morgan fingerprint density at radius 1 is 1.33 bits per heavy atom. The summed E-state index contributed by atoms with van der Waals surface area (Å²) in [6, 6.07) is 7.64. The van der Waals surface area contributed by atoms with Gasteiger partial charge in [-0.05, 0) is 35.7 Å². The molecule has 2 heterocycles. The molecule has 24 heavy (non-hydrogen) atoms. The summed E-state index contributed by atoms with van der Waals surface area (Å²) in [6.07, 6.45) is 1.96. The van der Waals surface area contributed by atoms with Crippen molar-refractivity contribution in [2.75, 3.05) is 12.3 Å². The summed E-state index contributed by atoms with van der Waals surface area (Å²) in [6.45, 7) is 5.13. The normalized spacial score (nSPS) is 11.3. The summed E-state index contributed by atoms with van der Waals surface area (Å²) in [5.41, 5.74) is 7.66. The molecule has 1 aromatic carbocycles. The molecule has 3 aromatic rings. The number of aromatic amines is 1. The Kier molecular flexibility index (Phi) is 4.62. The predicted octanol–water partition coefficient (Wildman–Crippen LogP) is 3.27. The summed E-state index contributed by atoms with van der Waals surface area (Å²) in [7, 11) is 0. The van der Waals surface area contributed by atoms with Crippen LogP contribution in [0.3, 0.4) is 0 Å². The van der Waals surface area contributed by atoms with Crippen LogP contribution in [-0.4, -0.2) is 21.1 Å². The van der Waals surface area contributed by atoms with E-state index in [0.717, 1.165) is 15.8 Å². The van der Waals surface area contributed by atoms with Gasteiger partial charge in [0.05, 0.1) is 6.54 Å². The number of nitrogens with two attached hydrogens (primary N) is 1. The molecule has 0 aliphatic carbocycles. The van der Waals surface area contributed by atoms with Crippen molar-refractivity contribution in [3.8, 4) is 5.75 Å². The molecule has 2 aromatic heterocycles. The number of fused-ring (bicyclic) bond motifs is 1. The zero-order valence-corrected chi connectivity index (χ0v) is 15.1. The van der Waals surface area contributed by atoms with Crippen LogP contribution in [0.1, 0.15) is 25.3 Å². The minimum atomic E-state index is -0.229. The van der Waals surface area contributed by atoms with Gasteiger partial charge in [-0.25, -0.2) is 4.98 Å². The second-order valence-corrected chi connectivity index (χ2v) is 6.80. The van der Waals surface area contributed by atoms with Gasteiger partial charge >= 0.3 is 0 Å².